The van der Waals surface area contributed by atoms with E-state index < -0.39 is 30.7 Å². The summed E-state index contributed by atoms with van der Waals surface area (Å²) in [7, 11) is 1.60. The fourth-order valence-corrected chi connectivity index (χ4v) is 4.71. The molecule has 5 nitrogen and oxygen atoms in total. The molecule has 0 bridgehead atoms. The van der Waals surface area contributed by atoms with Gasteiger partial charge >= 0.3 is 0 Å². The van der Waals surface area contributed by atoms with Crippen molar-refractivity contribution in [2.45, 2.75) is 50.3 Å². The third-order valence-corrected chi connectivity index (χ3v) is 6.48. The molecule has 0 aromatic heterocycles. The number of methoxy groups -OCH3 is 1. The lowest BCUT2D eigenvalue weighted by Crippen LogP contribution is -2.60. The first-order valence-electron chi connectivity index (χ1n) is 11.7. The summed E-state index contributed by atoms with van der Waals surface area (Å²) in [5.74, 6) is 0. The fraction of sp³-hybridized carbons (Fsp3) is 0.310. The molecule has 0 radical (unpaired) electrons. The van der Waals surface area contributed by atoms with E-state index in [-0.39, 0.29) is 0 Å². The molecule has 0 spiro atoms. The molecule has 1 aliphatic carbocycles. The number of benzene rings is 3. The SMILES string of the molecule is CO[C@@H]1O[C@H](C2=Cc3ccccc3C2)[C@@H](O)[C@H](OCc2ccccc2)[C@H]1OCc1ccccc1. The van der Waals surface area contributed by atoms with Crippen molar-refractivity contribution in [1.29, 1.82) is 0 Å². The van der Waals surface area contributed by atoms with Gasteiger partial charge in [-0.3, -0.25) is 0 Å². The molecular weight excluding hydrogens is 428 g/mol. The average Bonchev–Trinajstić information content (AvgIpc) is 3.32. The number of ether oxygens (including phenoxy) is 4. The molecule has 0 unspecified atom stereocenters. The highest BCUT2D eigenvalue weighted by atomic mass is 16.7. The summed E-state index contributed by atoms with van der Waals surface area (Å²) in [4.78, 5) is 0. The van der Waals surface area contributed by atoms with Gasteiger partial charge in [0.2, 0.25) is 0 Å². The molecule has 1 fully saturated rings. The van der Waals surface area contributed by atoms with Gasteiger partial charge in [-0.15, -0.1) is 0 Å². The molecule has 34 heavy (non-hydrogen) atoms. The summed E-state index contributed by atoms with van der Waals surface area (Å²) in [6.45, 7) is 0.724. The third-order valence-electron chi connectivity index (χ3n) is 6.48. The maximum atomic E-state index is 11.5. The van der Waals surface area contributed by atoms with E-state index in [1.807, 2.05) is 72.8 Å². The van der Waals surface area contributed by atoms with Crippen molar-refractivity contribution in [3.63, 3.8) is 0 Å². The summed E-state index contributed by atoms with van der Waals surface area (Å²) in [6.07, 6.45) is -0.514. The van der Waals surface area contributed by atoms with E-state index in [4.69, 9.17) is 18.9 Å². The van der Waals surface area contributed by atoms with Crippen LogP contribution in [0, 0.1) is 0 Å². The van der Waals surface area contributed by atoms with Crippen molar-refractivity contribution in [3.05, 3.63) is 113 Å². The fourth-order valence-electron chi connectivity index (χ4n) is 4.71. The Hall–Kier alpha value is -2.80. The predicted octanol–water partition coefficient (Wildman–Crippen LogP) is 4.53. The van der Waals surface area contributed by atoms with Gasteiger partial charge in [0.05, 0.1) is 13.2 Å². The quantitative estimate of drug-likeness (QED) is 0.538. The lowest BCUT2D eigenvalue weighted by molar-refractivity contribution is -0.303. The maximum absolute atomic E-state index is 11.5. The average molecular weight is 459 g/mol. The number of aliphatic hydroxyl groups excluding tert-OH is 1. The molecule has 176 valence electrons. The summed E-state index contributed by atoms with van der Waals surface area (Å²) in [5, 5.41) is 11.5. The lowest BCUT2D eigenvalue weighted by atomic mass is 9.92. The first kappa shape index (κ1) is 23.0. The van der Waals surface area contributed by atoms with Crippen molar-refractivity contribution < 1.29 is 24.1 Å². The van der Waals surface area contributed by atoms with Gasteiger partial charge in [0.1, 0.15) is 24.4 Å². The first-order valence-corrected chi connectivity index (χ1v) is 11.7. The van der Waals surface area contributed by atoms with Crippen LogP contribution in [0.15, 0.2) is 90.5 Å². The summed E-state index contributed by atoms with van der Waals surface area (Å²) in [5.41, 5.74) is 5.47. The number of hydrogen-bond acceptors (Lipinski definition) is 5. The van der Waals surface area contributed by atoms with Crippen molar-refractivity contribution in [2.75, 3.05) is 7.11 Å². The highest BCUT2D eigenvalue weighted by molar-refractivity contribution is 5.64. The molecular formula is C29H30O5. The lowest BCUT2D eigenvalue weighted by Gasteiger charge is -2.44. The van der Waals surface area contributed by atoms with Crippen LogP contribution in [-0.4, -0.2) is 42.9 Å². The maximum Gasteiger partial charge on any atom is 0.186 e. The Kier molecular flexibility index (Phi) is 7.19. The van der Waals surface area contributed by atoms with E-state index in [2.05, 4.69) is 18.2 Å². The monoisotopic (exact) mass is 458 g/mol. The molecule has 3 aromatic rings. The van der Waals surface area contributed by atoms with E-state index in [9.17, 15) is 5.11 Å². The highest BCUT2D eigenvalue weighted by Gasteiger charge is 2.48. The zero-order chi connectivity index (χ0) is 23.3. The topological polar surface area (TPSA) is 57.2 Å². The number of aliphatic hydroxyl groups is 1. The second kappa shape index (κ2) is 10.6. The molecule has 3 aromatic carbocycles. The Labute approximate surface area is 200 Å². The van der Waals surface area contributed by atoms with Crippen molar-refractivity contribution in [1.82, 2.24) is 0 Å². The van der Waals surface area contributed by atoms with E-state index >= 15 is 0 Å². The zero-order valence-corrected chi connectivity index (χ0v) is 19.2. The van der Waals surface area contributed by atoms with Crippen LogP contribution in [0.25, 0.3) is 6.08 Å². The van der Waals surface area contributed by atoms with Gasteiger partial charge in [-0.25, -0.2) is 0 Å². The minimum absolute atomic E-state index is 0.357. The minimum Gasteiger partial charge on any atom is -0.387 e. The standard InChI is InChI=1S/C29H30O5/c1-31-29-28(33-19-21-12-6-3-7-13-21)27(32-18-20-10-4-2-5-11-20)25(30)26(34-29)24-16-22-14-8-9-15-23(22)17-24/h2-16,25-30H,17-19H2,1H3/t25-,26-,27+,28-,29-/m1/s1. The van der Waals surface area contributed by atoms with E-state index in [1.54, 1.807) is 7.11 Å². The second-order valence-corrected chi connectivity index (χ2v) is 8.77. The Morgan fingerprint density at radius 2 is 1.38 bits per heavy atom. The molecule has 1 N–H and O–H groups in total. The zero-order valence-electron chi connectivity index (χ0n) is 19.2. The normalized spacial score (nSPS) is 26.2. The summed E-state index contributed by atoms with van der Waals surface area (Å²) >= 11 is 0. The van der Waals surface area contributed by atoms with Crippen LogP contribution in [0.2, 0.25) is 0 Å². The molecule has 1 heterocycles. The molecule has 5 atom stereocenters. The highest BCUT2D eigenvalue weighted by Crippen LogP contribution is 2.36. The molecule has 0 amide bonds. The molecule has 0 saturated carbocycles. The van der Waals surface area contributed by atoms with Gasteiger partial charge in [-0.1, -0.05) is 91.0 Å². The van der Waals surface area contributed by atoms with Crippen molar-refractivity contribution >= 4 is 6.08 Å². The number of fused-ring (bicyclic) bond motifs is 1. The summed E-state index contributed by atoms with van der Waals surface area (Å²) in [6, 6.07) is 28.1. The van der Waals surface area contributed by atoms with Gasteiger partial charge in [-0.2, -0.15) is 0 Å². The Bertz CT molecular complexity index is 1100. The molecule has 5 heteroatoms. The minimum atomic E-state index is -0.906. The molecule has 2 aliphatic rings. The number of hydrogen-bond donors (Lipinski definition) is 1. The van der Waals surface area contributed by atoms with Crippen LogP contribution in [0.3, 0.4) is 0 Å². The van der Waals surface area contributed by atoms with Crippen LogP contribution in [0.1, 0.15) is 22.3 Å². The first-order chi connectivity index (χ1) is 16.7. The Morgan fingerprint density at radius 3 is 2.00 bits per heavy atom. The largest absolute Gasteiger partial charge is 0.387 e. The molecule has 5 rings (SSSR count). The Balaban J connectivity index is 1.38. The Morgan fingerprint density at radius 1 is 0.794 bits per heavy atom. The van der Waals surface area contributed by atoms with Crippen LogP contribution < -0.4 is 0 Å². The van der Waals surface area contributed by atoms with Crippen LogP contribution in [0.5, 0.6) is 0 Å². The third kappa shape index (κ3) is 4.99. The predicted molar refractivity (Wildman–Crippen MR) is 130 cm³/mol. The molecule has 1 aliphatic heterocycles. The number of rotatable bonds is 8. The van der Waals surface area contributed by atoms with E-state index in [0.29, 0.717) is 13.2 Å². The summed E-state index contributed by atoms with van der Waals surface area (Å²) < 4.78 is 24.6. The van der Waals surface area contributed by atoms with Crippen LogP contribution in [-0.2, 0) is 38.6 Å². The second-order valence-electron chi connectivity index (χ2n) is 8.77. The van der Waals surface area contributed by atoms with Crippen LogP contribution in [0.4, 0.5) is 0 Å². The van der Waals surface area contributed by atoms with Gasteiger partial charge in [-0.05, 0) is 34.2 Å². The van der Waals surface area contributed by atoms with Crippen LogP contribution >= 0.6 is 0 Å². The van der Waals surface area contributed by atoms with Crippen molar-refractivity contribution in [2.24, 2.45) is 0 Å². The van der Waals surface area contributed by atoms with Crippen molar-refractivity contribution in [3.8, 4) is 0 Å². The van der Waals surface area contributed by atoms with Gasteiger partial charge in [0, 0.05) is 7.11 Å². The molecule has 1 saturated heterocycles. The smallest absolute Gasteiger partial charge is 0.186 e. The van der Waals surface area contributed by atoms with Gasteiger partial charge < -0.3 is 24.1 Å². The van der Waals surface area contributed by atoms with E-state index in [0.717, 1.165) is 28.7 Å². The van der Waals surface area contributed by atoms with Gasteiger partial charge in [0.15, 0.2) is 6.29 Å². The van der Waals surface area contributed by atoms with Gasteiger partial charge in [0.25, 0.3) is 0 Å². The van der Waals surface area contributed by atoms with E-state index in [1.165, 1.54) is 5.56 Å².